The number of phenolic OH excluding ortho intramolecular Hbond substituents is 1. The number of rotatable bonds is 36. The van der Waals surface area contributed by atoms with Crippen LogP contribution in [0.2, 0.25) is 0 Å². The highest BCUT2D eigenvalue weighted by atomic mass is 16.5. The van der Waals surface area contributed by atoms with Gasteiger partial charge in [-0.15, -0.1) is 0 Å². The van der Waals surface area contributed by atoms with Crippen molar-refractivity contribution >= 4 is 0 Å². The number of hydrogen-bond acceptors (Lipinski definition) is 3. The van der Waals surface area contributed by atoms with Crippen LogP contribution in [0, 0.1) is 0 Å². The molecule has 45 heavy (non-hydrogen) atoms. The molecule has 0 spiro atoms. The monoisotopic (exact) mass is 631 g/mol. The first-order chi connectivity index (χ1) is 22.3. The van der Waals surface area contributed by atoms with Crippen molar-refractivity contribution in [2.45, 2.75) is 219 Å². The van der Waals surface area contributed by atoms with Gasteiger partial charge in [0.2, 0.25) is 5.75 Å². The van der Waals surface area contributed by atoms with Crippen LogP contribution in [-0.2, 0) is 0 Å². The van der Waals surface area contributed by atoms with Gasteiger partial charge >= 0.3 is 0 Å². The minimum Gasteiger partial charge on any atom is -0.504 e. The van der Waals surface area contributed by atoms with Crippen molar-refractivity contribution < 1.29 is 14.6 Å². The van der Waals surface area contributed by atoms with Gasteiger partial charge in [0.15, 0.2) is 11.5 Å². The lowest BCUT2D eigenvalue weighted by Crippen LogP contribution is -2.03. The maximum absolute atomic E-state index is 10.4. The van der Waals surface area contributed by atoms with Crippen LogP contribution in [0.5, 0.6) is 17.2 Å². The molecular weight excluding hydrogens is 552 g/mol. The molecule has 0 saturated carbocycles. The Kier molecular flexibility index (Phi) is 31.4. The highest BCUT2D eigenvalue weighted by Crippen LogP contribution is 2.36. The summed E-state index contributed by atoms with van der Waals surface area (Å²) < 4.78 is 12.0. The fourth-order valence-electron chi connectivity index (χ4n) is 6.42. The van der Waals surface area contributed by atoms with Gasteiger partial charge in [0, 0.05) is 0 Å². The molecule has 0 saturated heterocycles. The third-order valence-corrected chi connectivity index (χ3v) is 9.46. The van der Waals surface area contributed by atoms with E-state index in [4.69, 9.17) is 9.47 Å². The summed E-state index contributed by atoms with van der Waals surface area (Å²) in [5.41, 5.74) is 0. The lowest BCUT2D eigenvalue weighted by Gasteiger charge is -2.14. The van der Waals surface area contributed by atoms with E-state index >= 15 is 0 Å². The van der Waals surface area contributed by atoms with Gasteiger partial charge in [-0.1, -0.05) is 213 Å². The molecule has 0 unspecified atom stereocenters. The van der Waals surface area contributed by atoms with E-state index in [1.807, 2.05) is 12.1 Å². The zero-order chi connectivity index (χ0) is 32.3. The van der Waals surface area contributed by atoms with Gasteiger partial charge in [-0.2, -0.15) is 0 Å². The molecule has 1 aromatic carbocycles. The van der Waals surface area contributed by atoms with Crippen molar-refractivity contribution in [1.29, 1.82) is 0 Å². The number of ether oxygens (including phenoxy) is 2. The summed E-state index contributed by atoms with van der Waals surface area (Å²) in [6, 6.07) is 5.47. The number of hydrogen-bond donors (Lipinski definition) is 1. The van der Waals surface area contributed by atoms with E-state index in [9.17, 15) is 5.11 Å². The van der Waals surface area contributed by atoms with E-state index < -0.39 is 0 Å². The highest BCUT2D eigenvalue weighted by Gasteiger charge is 2.10. The minimum absolute atomic E-state index is 0.191. The Balaban J connectivity index is 1.93. The summed E-state index contributed by atoms with van der Waals surface area (Å²) in [5.74, 6) is 1.40. The van der Waals surface area contributed by atoms with Gasteiger partial charge in [0.05, 0.1) is 13.2 Å². The maximum atomic E-state index is 10.4. The Morgan fingerprint density at radius 3 is 1.00 bits per heavy atom. The Bertz CT molecular complexity index is 718. The van der Waals surface area contributed by atoms with Crippen LogP contribution in [-0.4, -0.2) is 18.3 Å². The van der Waals surface area contributed by atoms with E-state index in [0.717, 1.165) is 12.8 Å². The first kappa shape index (κ1) is 41.6. The third-order valence-electron chi connectivity index (χ3n) is 9.46. The van der Waals surface area contributed by atoms with E-state index in [0.29, 0.717) is 24.7 Å². The Hall–Kier alpha value is -1.38. The molecular formula is C42H78O3. The Labute approximate surface area is 282 Å². The molecule has 0 aliphatic rings. The molecule has 1 N–H and O–H groups in total. The molecule has 0 atom stereocenters. The van der Waals surface area contributed by atoms with E-state index in [1.54, 1.807) is 6.07 Å². The molecule has 0 heterocycles. The average Bonchev–Trinajstić information content (AvgIpc) is 3.05. The van der Waals surface area contributed by atoms with Crippen molar-refractivity contribution in [3.8, 4) is 17.2 Å². The second-order valence-corrected chi connectivity index (χ2v) is 13.9. The molecule has 0 aliphatic carbocycles. The highest BCUT2D eigenvalue weighted by molar-refractivity contribution is 5.50. The van der Waals surface area contributed by atoms with Gasteiger partial charge in [-0.3, -0.25) is 0 Å². The lowest BCUT2D eigenvalue weighted by molar-refractivity contribution is 0.249. The maximum Gasteiger partial charge on any atom is 0.203 e. The standard InChI is InChI=1S/C42H78O3/c1-3-5-7-9-11-13-15-17-19-21-23-25-27-29-31-33-38-44-41-37-35-36-40(43)42(41)45-39-34-32-30-28-26-24-22-20-18-16-14-12-10-8-6-4-2/h35-37,43H,3-34,38-39H2,1-2H3. The molecule has 0 aromatic heterocycles. The predicted octanol–water partition coefficient (Wildman–Crippen LogP) is 14.7. The van der Waals surface area contributed by atoms with Crippen molar-refractivity contribution in [3.05, 3.63) is 18.2 Å². The molecule has 0 amide bonds. The van der Waals surface area contributed by atoms with Crippen molar-refractivity contribution in [1.82, 2.24) is 0 Å². The van der Waals surface area contributed by atoms with Crippen molar-refractivity contribution in [2.75, 3.05) is 13.2 Å². The summed E-state index contributed by atoms with van der Waals surface area (Å²) in [6.07, 6.45) is 43.8. The number of para-hydroxylation sites is 1. The van der Waals surface area contributed by atoms with Gasteiger partial charge < -0.3 is 14.6 Å². The number of unbranched alkanes of at least 4 members (excludes halogenated alkanes) is 30. The lowest BCUT2D eigenvalue weighted by atomic mass is 10.0. The summed E-state index contributed by atoms with van der Waals surface area (Å²) in [5, 5.41) is 10.4. The van der Waals surface area contributed by atoms with Crippen LogP contribution in [0.1, 0.15) is 219 Å². The summed E-state index contributed by atoms with van der Waals surface area (Å²) in [6.45, 7) is 5.92. The van der Waals surface area contributed by atoms with Crippen LogP contribution in [0.3, 0.4) is 0 Å². The normalized spacial score (nSPS) is 11.3. The van der Waals surface area contributed by atoms with Crippen LogP contribution in [0.4, 0.5) is 0 Å². The minimum atomic E-state index is 0.191. The van der Waals surface area contributed by atoms with Gasteiger partial charge in [0.1, 0.15) is 0 Å². The second-order valence-electron chi connectivity index (χ2n) is 13.9. The van der Waals surface area contributed by atoms with Crippen LogP contribution in [0.15, 0.2) is 18.2 Å². The first-order valence-corrected chi connectivity index (χ1v) is 20.4. The number of aromatic hydroxyl groups is 1. The molecule has 1 rings (SSSR count). The summed E-state index contributed by atoms with van der Waals surface area (Å²) in [4.78, 5) is 0. The smallest absolute Gasteiger partial charge is 0.203 e. The quantitative estimate of drug-likeness (QED) is 0.0750. The topological polar surface area (TPSA) is 38.7 Å². The van der Waals surface area contributed by atoms with Gasteiger partial charge in [-0.25, -0.2) is 0 Å². The summed E-state index contributed by atoms with van der Waals surface area (Å²) in [7, 11) is 0. The second kappa shape index (κ2) is 34.0. The molecule has 0 aliphatic heterocycles. The predicted molar refractivity (Wildman–Crippen MR) is 198 cm³/mol. The van der Waals surface area contributed by atoms with Crippen molar-refractivity contribution in [3.63, 3.8) is 0 Å². The molecule has 264 valence electrons. The van der Waals surface area contributed by atoms with Gasteiger partial charge in [0.25, 0.3) is 0 Å². The largest absolute Gasteiger partial charge is 0.504 e. The molecule has 0 fully saturated rings. The Morgan fingerprint density at radius 1 is 0.378 bits per heavy atom. The van der Waals surface area contributed by atoms with Crippen molar-refractivity contribution in [2.24, 2.45) is 0 Å². The van der Waals surface area contributed by atoms with E-state index in [-0.39, 0.29) is 5.75 Å². The molecule has 3 nitrogen and oxygen atoms in total. The summed E-state index contributed by atoms with van der Waals surface area (Å²) >= 11 is 0. The van der Waals surface area contributed by atoms with Crippen LogP contribution in [0.25, 0.3) is 0 Å². The fraction of sp³-hybridized carbons (Fsp3) is 0.857. The van der Waals surface area contributed by atoms with Crippen LogP contribution < -0.4 is 9.47 Å². The molecule has 0 radical (unpaired) electrons. The molecule has 1 aromatic rings. The number of phenols is 1. The SMILES string of the molecule is CCCCCCCCCCCCCCCCCCOc1cccc(O)c1OCCCCCCCCCCCCCCCCCC. The average molecular weight is 631 g/mol. The van der Waals surface area contributed by atoms with E-state index in [1.165, 1.54) is 193 Å². The van der Waals surface area contributed by atoms with E-state index in [2.05, 4.69) is 13.8 Å². The first-order valence-electron chi connectivity index (χ1n) is 20.4. The van der Waals surface area contributed by atoms with Crippen LogP contribution >= 0.6 is 0 Å². The molecule has 3 heteroatoms. The molecule has 0 bridgehead atoms. The Morgan fingerprint density at radius 2 is 0.667 bits per heavy atom. The van der Waals surface area contributed by atoms with Gasteiger partial charge in [-0.05, 0) is 25.0 Å². The zero-order valence-corrected chi connectivity index (χ0v) is 30.5. The number of benzene rings is 1. The fourth-order valence-corrected chi connectivity index (χ4v) is 6.42. The zero-order valence-electron chi connectivity index (χ0n) is 30.5. The third kappa shape index (κ3) is 27.4.